The van der Waals surface area contributed by atoms with Crippen molar-refractivity contribution in [1.29, 1.82) is 0 Å². The van der Waals surface area contributed by atoms with Crippen LogP contribution in [0, 0.1) is 0 Å². The average Bonchev–Trinajstić information content (AvgIpc) is 3.01. The van der Waals surface area contributed by atoms with Gasteiger partial charge in [-0.15, -0.1) is 0 Å². The van der Waals surface area contributed by atoms with Gasteiger partial charge in [0.2, 0.25) is 0 Å². The lowest BCUT2D eigenvalue weighted by Gasteiger charge is -2.09. The maximum absolute atomic E-state index is 13.2. The number of benzene rings is 2. The Bertz CT molecular complexity index is 997. The number of hydrogen-bond donors (Lipinski definition) is 0. The summed E-state index contributed by atoms with van der Waals surface area (Å²) in [6.07, 6.45) is 0. The summed E-state index contributed by atoms with van der Waals surface area (Å²) in [5, 5.41) is 3.60. The summed E-state index contributed by atoms with van der Waals surface area (Å²) in [5.41, 5.74) is -5.49. The number of rotatable bonds is 3. The van der Waals surface area contributed by atoms with Gasteiger partial charge in [0.1, 0.15) is 5.69 Å². The van der Waals surface area contributed by atoms with Gasteiger partial charge in [-0.05, 0) is 24.3 Å². The molecule has 0 spiro atoms. The SMILES string of the molecule is O=S(=O)(c1c(-c2ccccc2)noc1-c1ccc(Br)cc1)C(F)(F)F. The van der Waals surface area contributed by atoms with Gasteiger partial charge in [0, 0.05) is 15.6 Å². The van der Waals surface area contributed by atoms with Crippen LogP contribution >= 0.6 is 15.9 Å². The van der Waals surface area contributed by atoms with Crippen molar-refractivity contribution in [3.8, 4) is 22.6 Å². The Morgan fingerprint density at radius 3 is 2.08 bits per heavy atom. The van der Waals surface area contributed by atoms with E-state index in [9.17, 15) is 21.6 Å². The first-order valence-electron chi connectivity index (χ1n) is 6.84. The van der Waals surface area contributed by atoms with E-state index in [0.29, 0.717) is 4.47 Å². The van der Waals surface area contributed by atoms with Crippen molar-refractivity contribution in [3.05, 3.63) is 59.1 Å². The Kier molecular flexibility index (Phi) is 4.46. The summed E-state index contributed by atoms with van der Waals surface area (Å²) in [7, 11) is -5.67. The van der Waals surface area contributed by atoms with E-state index in [0.717, 1.165) is 0 Å². The van der Waals surface area contributed by atoms with E-state index in [2.05, 4.69) is 21.1 Å². The molecule has 3 rings (SSSR count). The zero-order chi connectivity index (χ0) is 18.2. The van der Waals surface area contributed by atoms with Crippen LogP contribution in [0.2, 0.25) is 0 Å². The fourth-order valence-corrected chi connectivity index (χ4v) is 3.52. The first-order chi connectivity index (χ1) is 11.7. The van der Waals surface area contributed by atoms with E-state index in [1.54, 1.807) is 30.3 Å². The summed E-state index contributed by atoms with van der Waals surface area (Å²) in [6, 6.07) is 13.7. The molecule has 9 heteroatoms. The summed E-state index contributed by atoms with van der Waals surface area (Å²) < 4.78 is 69.5. The predicted molar refractivity (Wildman–Crippen MR) is 88.3 cm³/mol. The molecule has 0 bridgehead atoms. The lowest BCUT2D eigenvalue weighted by atomic mass is 10.1. The molecule has 0 fully saturated rings. The van der Waals surface area contributed by atoms with Crippen LogP contribution in [-0.4, -0.2) is 19.1 Å². The molecule has 0 atom stereocenters. The third-order valence-corrected chi connectivity index (χ3v) is 5.43. The molecule has 130 valence electrons. The van der Waals surface area contributed by atoms with Crippen molar-refractivity contribution in [2.24, 2.45) is 0 Å². The van der Waals surface area contributed by atoms with Gasteiger partial charge in [0.15, 0.2) is 10.7 Å². The predicted octanol–water partition coefficient (Wildman–Crippen LogP) is 5.06. The zero-order valence-corrected chi connectivity index (χ0v) is 14.7. The van der Waals surface area contributed by atoms with Crippen LogP contribution < -0.4 is 0 Å². The Morgan fingerprint density at radius 1 is 0.920 bits per heavy atom. The molecule has 0 radical (unpaired) electrons. The molecule has 0 N–H and O–H groups in total. The molecule has 0 saturated carbocycles. The highest BCUT2D eigenvalue weighted by Gasteiger charge is 2.51. The van der Waals surface area contributed by atoms with Gasteiger partial charge >= 0.3 is 5.51 Å². The molecular formula is C16H9BrF3NO3S. The highest BCUT2D eigenvalue weighted by atomic mass is 79.9. The molecule has 0 aliphatic carbocycles. The Balaban J connectivity index is 2.31. The minimum Gasteiger partial charge on any atom is -0.354 e. The molecule has 0 saturated heterocycles. The van der Waals surface area contributed by atoms with Gasteiger partial charge in [-0.3, -0.25) is 0 Å². The van der Waals surface area contributed by atoms with E-state index in [1.807, 2.05) is 0 Å². The summed E-state index contributed by atoms with van der Waals surface area (Å²) >= 11 is 3.21. The van der Waals surface area contributed by atoms with E-state index < -0.39 is 26.0 Å². The molecule has 25 heavy (non-hydrogen) atoms. The smallest absolute Gasteiger partial charge is 0.354 e. The van der Waals surface area contributed by atoms with Crippen LogP contribution in [0.4, 0.5) is 13.2 Å². The number of alkyl halides is 3. The number of aromatic nitrogens is 1. The molecule has 1 aromatic heterocycles. The molecule has 0 aliphatic heterocycles. The van der Waals surface area contributed by atoms with Crippen LogP contribution in [0.15, 0.2) is 68.5 Å². The third-order valence-electron chi connectivity index (χ3n) is 3.38. The number of sulfone groups is 1. The Labute approximate surface area is 149 Å². The minimum absolute atomic E-state index is 0.167. The van der Waals surface area contributed by atoms with Crippen molar-refractivity contribution in [1.82, 2.24) is 5.16 Å². The van der Waals surface area contributed by atoms with Crippen LogP contribution in [-0.2, 0) is 9.84 Å². The first kappa shape index (κ1) is 17.7. The van der Waals surface area contributed by atoms with Crippen molar-refractivity contribution in [2.45, 2.75) is 10.4 Å². The Morgan fingerprint density at radius 2 is 1.52 bits per heavy atom. The maximum Gasteiger partial charge on any atom is 0.502 e. The van der Waals surface area contributed by atoms with Gasteiger partial charge < -0.3 is 4.52 Å². The van der Waals surface area contributed by atoms with E-state index in [4.69, 9.17) is 4.52 Å². The van der Waals surface area contributed by atoms with Gasteiger partial charge in [-0.1, -0.05) is 51.4 Å². The molecular weight excluding hydrogens is 423 g/mol. The van der Waals surface area contributed by atoms with Crippen LogP contribution in [0.3, 0.4) is 0 Å². The quantitative estimate of drug-likeness (QED) is 0.580. The van der Waals surface area contributed by atoms with Crippen LogP contribution in [0.25, 0.3) is 22.6 Å². The van der Waals surface area contributed by atoms with Gasteiger partial charge in [0.25, 0.3) is 9.84 Å². The first-order valence-corrected chi connectivity index (χ1v) is 9.12. The molecule has 0 unspecified atom stereocenters. The second kappa shape index (κ2) is 6.30. The lowest BCUT2D eigenvalue weighted by molar-refractivity contribution is -0.0435. The topological polar surface area (TPSA) is 60.2 Å². The molecule has 1 heterocycles. The van der Waals surface area contributed by atoms with E-state index in [-0.39, 0.29) is 16.8 Å². The van der Waals surface area contributed by atoms with E-state index in [1.165, 1.54) is 24.3 Å². The molecule has 2 aromatic carbocycles. The van der Waals surface area contributed by atoms with Gasteiger partial charge in [-0.25, -0.2) is 8.42 Å². The number of halogens is 4. The van der Waals surface area contributed by atoms with Crippen molar-refractivity contribution < 1.29 is 26.1 Å². The second-order valence-electron chi connectivity index (χ2n) is 5.01. The van der Waals surface area contributed by atoms with Crippen molar-refractivity contribution >= 4 is 25.8 Å². The number of hydrogen-bond acceptors (Lipinski definition) is 4. The largest absolute Gasteiger partial charge is 0.502 e. The molecule has 0 amide bonds. The fourth-order valence-electron chi connectivity index (χ4n) is 2.21. The number of nitrogens with zero attached hydrogens (tertiary/aromatic N) is 1. The lowest BCUT2D eigenvalue weighted by Crippen LogP contribution is -2.24. The van der Waals surface area contributed by atoms with Gasteiger partial charge in [-0.2, -0.15) is 13.2 Å². The van der Waals surface area contributed by atoms with E-state index >= 15 is 0 Å². The molecule has 3 aromatic rings. The standard InChI is InChI=1S/C16H9BrF3NO3S/c17-12-8-6-11(7-9-12)14-15(25(22,23)16(18,19)20)13(21-24-14)10-4-2-1-3-5-10/h1-9H. The normalized spacial score (nSPS) is 12.3. The van der Waals surface area contributed by atoms with Crippen molar-refractivity contribution in [3.63, 3.8) is 0 Å². The second-order valence-corrected chi connectivity index (χ2v) is 7.81. The van der Waals surface area contributed by atoms with Crippen LogP contribution in [0.1, 0.15) is 0 Å². The highest BCUT2D eigenvalue weighted by molar-refractivity contribution is 9.10. The summed E-state index contributed by atoms with van der Waals surface area (Å²) in [5.74, 6) is -0.455. The zero-order valence-electron chi connectivity index (χ0n) is 12.3. The molecule has 0 aliphatic rings. The molecule has 4 nitrogen and oxygen atoms in total. The summed E-state index contributed by atoms with van der Waals surface area (Å²) in [4.78, 5) is -0.992. The average molecular weight is 432 g/mol. The van der Waals surface area contributed by atoms with Gasteiger partial charge in [0.05, 0.1) is 0 Å². The fraction of sp³-hybridized carbons (Fsp3) is 0.0625. The third kappa shape index (κ3) is 3.21. The highest BCUT2D eigenvalue weighted by Crippen LogP contribution is 2.42. The Hall–Kier alpha value is -2.13. The van der Waals surface area contributed by atoms with Crippen LogP contribution in [0.5, 0.6) is 0 Å². The maximum atomic E-state index is 13.2. The minimum atomic E-state index is -5.67. The summed E-state index contributed by atoms with van der Waals surface area (Å²) in [6.45, 7) is 0. The monoisotopic (exact) mass is 431 g/mol. The van der Waals surface area contributed by atoms with Crippen molar-refractivity contribution in [2.75, 3.05) is 0 Å².